The molecule has 3 aromatic rings. The fourth-order valence-electron chi connectivity index (χ4n) is 6.00. The van der Waals surface area contributed by atoms with Gasteiger partial charge in [0.15, 0.2) is 5.78 Å². The van der Waals surface area contributed by atoms with E-state index in [1.54, 1.807) is 6.20 Å². The molecule has 0 spiro atoms. The Labute approximate surface area is 254 Å². The SMILES string of the molecule is Cn1cc(C(=O)Nc2cc(F)c(CC(=O)COCC(OC3CCC(C(=O)O)CC3)N3CCCC3)cc2Cl)c2ccccc21. The molecule has 1 aromatic heterocycles. The lowest BCUT2D eigenvalue weighted by Gasteiger charge is -2.34. The number of hydrogen-bond acceptors (Lipinski definition) is 6. The highest BCUT2D eigenvalue weighted by atomic mass is 35.5. The van der Waals surface area contributed by atoms with E-state index >= 15 is 4.39 Å². The molecular weight excluding hydrogens is 577 g/mol. The molecule has 2 fully saturated rings. The maximum atomic E-state index is 15.0. The Morgan fingerprint density at radius 3 is 2.56 bits per heavy atom. The molecule has 1 saturated carbocycles. The van der Waals surface area contributed by atoms with E-state index in [9.17, 15) is 19.5 Å². The number of ether oxygens (including phenoxy) is 2. The van der Waals surface area contributed by atoms with Crippen LogP contribution < -0.4 is 5.32 Å². The maximum Gasteiger partial charge on any atom is 0.306 e. The van der Waals surface area contributed by atoms with Crippen molar-refractivity contribution in [2.24, 2.45) is 13.0 Å². The monoisotopic (exact) mass is 613 g/mol. The Bertz CT molecular complexity index is 1480. The molecule has 1 saturated heterocycles. The van der Waals surface area contributed by atoms with Gasteiger partial charge in [0.25, 0.3) is 5.91 Å². The van der Waals surface area contributed by atoms with E-state index in [4.69, 9.17) is 21.1 Å². The molecule has 2 heterocycles. The number of aliphatic carboxylic acids is 1. The van der Waals surface area contributed by atoms with E-state index in [-0.39, 0.29) is 59.9 Å². The number of hydrogen-bond donors (Lipinski definition) is 2. The van der Waals surface area contributed by atoms with E-state index < -0.39 is 17.7 Å². The molecular formula is C32H37ClFN3O6. The lowest BCUT2D eigenvalue weighted by atomic mass is 9.87. The number of carboxylic acids is 1. The summed E-state index contributed by atoms with van der Waals surface area (Å²) in [5.41, 5.74) is 1.56. The second-order valence-corrected chi connectivity index (χ2v) is 11.8. The number of halogens is 2. The lowest BCUT2D eigenvalue weighted by molar-refractivity contribution is -0.151. The fraction of sp³-hybridized carbons (Fsp3) is 0.469. The largest absolute Gasteiger partial charge is 0.481 e. The number of aryl methyl sites for hydroxylation is 1. The van der Waals surface area contributed by atoms with Gasteiger partial charge in [0.05, 0.1) is 34.9 Å². The standard InChI is InChI=1S/C32H37ClFN3O6/c1-36-17-25(24-6-2-3-7-29(24)36)31(39)35-28-16-27(34)21(15-26(28)33)14-22(38)18-42-19-30(37-12-4-5-13-37)43-23-10-8-20(9-11-23)32(40)41/h2-3,6-7,15-17,20,23,30H,4-5,8-14,18-19H2,1H3,(H,35,39)(H,40,41). The van der Waals surface area contributed by atoms with Gasteiger partial charge in [-0.25, -0.2) is 4.39 Å². The number of rotatable bonds is 12. The molecule has 11 heteroatoms. The van der Waals surface area contributed by atoms with Crippen molar-refractivity contribution in [3.63, 3.8) is 0 Å². The third-order valence-electron chi connectivity index (χ3n) is 8.36. The summed E-state index contributed by atoms with van der Waals surface area (Å²) < 4.78 is 28.9. The number of anilines is 1. The smallest absolute Gasteiger partial charge is 0.306 e. The summed E-state index contributed by atoms with van der Waals surface area (Å²) in [5.74, 6) is -2.46. The molecule has 9 nitrogen and oxygen atoms in total. The highest BCUT2D eigenvalue weighted by Gasteiger charge is 2.31. The summed E-state index contributed by atoms with van der Waals surface area (Å²) in [5, 5.41) is 12.8. The van der Waals surface area contributed by atoms with Crippen LogP contribution in [0.5, 0.6) is 0 Å². The number of carbonyl (C=O) groups is 3. The van der Waals surface area contributed by atoms with E-state index in [1.165, 1.54) is 6.07 Å². The molecule has 0 radical (unpaired) electrons. The molecule has 2 N–H and O–H groups in total. The van der Waals surface area contributed by atoms with E-state index in [2.05, 4.69) is 10.2 Å². The Morgan fingerprint density at radius 2 is 1.84 bits per heavy atom. The molecule has 5 rings (SSSR count). The van der Waals surface area contributed by atoms with Crippen LogP contribution in [-0.2, 0) is 32.5 Å². The van der Waals surface area contributed by atoms with Crippen molar-refractivity contribution in [2.45, 2.75) is 57.3 Å². The second-order valence-electron chi connectivity index (χ2n) is 11.4. The van der Waals surface area contributed by atoms with Crippen LogP contribution in [0.4, 0.5) is 10.1 Å². The van der Waals surface area contributed by atoms with Gasteiger partial charge in [0.1, 0.15) is 18.7 Å². The summed E-state index contributed by atoms with van der Waals surface area (Å²) in [6, 6.07) is 9.97. The lowest BCUT2D eigenvalue weighted by Crippen LogP contribution is -2.42. The van der Waals surface area contributed by atoms with Crippen molar-refractivity contribution >= 4 is 45.9 Å². The number of ketones is 1. The first-order valence-corrected chi connectivity index (χ1v) is 15.1. The molecule has 1 aliphatic carbocycles. The molecule has 43 heavy (non-hydrogen) atoms. The van der Waals surface area contributed by atoms with Gasteiger partial charge >= 0.3 is 5.97 Å². The van der Waals surface area contributed by atoms with Crippen LogP contribution in [0.15, 0.2) is 42.6 Å². The Balaban J connectivity index is 1.14. The van der Waals surface area contributed by atoms with Crippen molar-refractivity contribution in [3.8, 4) is 0 Å². The number of carboxylic acid groups (broad SMARTS) is 1. The van der Waals surface area contributed by atoms with E-state index in [0.717, 1.165) is 42.9 Å². The molecule has 1 amide bonds. The predicted octanol–water partition coefficient (Wildman–Crippen LogP) is 5.43. The van der Waals surface area contributed by atoms with Crippen LogP contribution in [-0.4, -0.2) is 70.9 Å². The minimum atomic E-state index is -0.755. The molecule has 0 bridgehead atoms. The first-order chi connectivity index (χ1) is 20.7. The van der Waals surface area contributed by atoms with Gasteiger partial charge < -0.3 is 24.5 Å². The third-order valence-corrected chi connectivity index (χ3v) is 8.67. The first-order valence-electron chi connectivity index (χ1n) is 14.7. The summed E-state index contributed by atoms with van der Waals surface area (Å²) in [6.07, 6.45) is 5.78. The van der Waals surface area contributed by atoms with Gasteiger partial charge in [0, 0.05) is 43.7 Å². The summed E-state index contributed by atoms with van der Waals surface area (Å²) >= 11 is 6.39. The van der Waals surface area contributed by atoms with Crippen molar-refractivity contribution < 1.29 is 33.4 Å². The van der Waals surface area contributed by atoms with E-state index in [1.807, 2.05) is 35.9 Å². The molecule has 1 atom stereocenters. The van der Waals surface area contributed by atoms with Crippen LogP contribution in [0.2, 0.25) is 5.02 Å². The van der Waals surface area contributed by atoms with Crippen LogP contribution in [0.1, 0.15) is 54.4 Å². The van der Waals surface area contributed by atoms with E-state index in [0.29, 0.717) is 31.2 Å². The molecule has 230 valence electrons. The second kappa shape index (κ2) is 14.0. The van der Waals surface area contributed by atoms with Gasteiger partial charge in [-0.05, 0) is 62.3 Å². The summed E-state index contributed by atoms with van der Waals surface area (Å²) in [4.78, 5) is 39.2. The maximum absolute atomic E-state index is 15.0. The normalized spacial score (nSPS) is 19.9. The predicted molar refractivity (Wildman–Crippen MR) is 161 cm³/mol. The number of para-hydroxylation sites is 1. The Morgan fingerprint density at radius 1 is 1.12 bits per heavy atom. The van der Waals surface area contributed by atoms with Gasteiger partial charge in [-0.2, -0.15) is 0 Å². The first kappa shape index (κ1) is 31.1. The number of aromatic nitrogens is 1. The van der Waals surface area contributed by atoms with Crippen LogP contribution in [0, 0.1) is 11.7 Å². The van der Waals surface area contributed by atoms with Crippen LogP contribution >= 0.6 is 11.6 Å². The van der Waals surface area contributed by atoms with Crippen molar-refractivity contribution in [3.05, 3.63) is 64.6 Å². The number of benzene rings is 2. The number of nitrogens with zero attached hydrogens (tertiary/aromatic N) is 2. The number of nitrogens with one attached hydrogen (secondary N) is 1. The van der Waals surface area contributed by atoms with Gasteiger partial charge in [0.2, 0.25) is 0 Å². The Hall–Kier alpha value is -3.31. The highest BCUT2D eigenvalue weighted by Crippen LogP contribution is 2.30. The van der Waals surface area contributed by atoms with Crippen molar-refractivity contribution in [1.82, 2.24) is 9.47 Å². The number of amides is 1. The number of fused-ring (bicyclic) bond motifs is 1. The van der Waals surface area contributed by atoms with Crippen molar-refractivity contribution in [1.29, 1.82) is 0 Å². The van der Waals surface area contributed by atoms with Gasteiger partial charge in [-0.15, -0.1) is 0 Å². The average molecular weight is 614 g/mol. The average Bonchev–Trinajstić information content (AvgIpc) is 3.64. The summed E-state index contributed by atoms with van der Waals surface area (Å²) in [7, 11) is 1.84. The number of Topliss-reactive ketones (excluding diaryl/α,β-unsaturated/α-hetero) is 1. The minimum absolute atomic E-state index is 0.0450. The van der Waals surface area contributed by atoms with Gasteiger partial charge in [-0.1, -0.05) is 29.8 Å². The number of carbonyl (C=O) groups excluding carboxylic acids is 2. The molecule has 2 aliphatic rings. The topological polar surface area (TPSA) is 110 Å². The third kappa shape index (κ3) is 7.62. The fourth-order valence-corrected chi connectivity index (χ4v) is 6.23. The van der Waals surface area contributed by atoms with Crippen molar-refractivity contribution in [2.75, 3.05) is 31.6 Å². The zero-order chi connectivity index (χ0) is 30.5. The molecule has 1 aliphatic heterocycles. The summed E-state index contributed by atoms with van der Waals surface area (Å²) in [6.45, 7) is 1.72. The number of likely N-dealkylation sites (tertiary alicyclic amines) is 1. The van der Waals surface area contributed by atoms with Gasteiger partial charge in [-0.3, -0.25) is 19.3 Å². The quantitative estimate of drug-likeness (QED) is 0.280. The molecule has 2 aromatic carbocycles. The molecule has 1 unspecified atom stereocenters. The Kier molecular flexibility index (Phi) is 10.1. The van der Waals surface area contributed by atoms with Crippen LogP contribution in [0.25, 0.3) is 10.9 Å². The minimum Gasteiger partial charge on any atom is -0.481 e. The zero-order valence-electron chi connectivity index (χ0n) is 24.2. The highest BCUT2D eigenvalue weighted by molar-refractivity contribution is 6.34. The zero-order valence-corrected chi connectivity index (χ0v) is 24.9. The van der Waals surface area contributed by atoms with Crippen LogP contribution in [0.3, 0.4) is 0 Å².